The summed E-state index contributed by atoms with van der Waals surface area (Å²) in [6.45, 7) is 1.13. The maximum Gasteiger partial charge on any atom is 1.00 e. The van der Waals surface area contributed by atoms with Crippen LogP contribution in [0.3, 0.4) is 0 Å². The Bertz CT molecular complexity index is 1160. The van der Waals surface area contributed by atoms with Gasteiger partial charge in [0.2, 0.25) is 0 Å². The minimum absolute atomic E-state index is 0. The summed E-state index contributed by atoms with van der Waals surface area (Å²) in [6, 6.07) is 8.34. The van der Waals surface area contributed by atoms with Crippen molar-refractivity contribution >= 4 is 45.0 Å². The number of Topliss-reactive ketones (excluding diaryl/α,β-unsaturated/α-hetero) is 1. The van der Waals surface area contributed by atoms with Crippen LogP contribution in [-0.2, 0) is 14.9 Å². The summed E-state index contributed by atoms with van der Waals surface area (Å²) >= 11 is 0. The number of benzene rings is 2. The minimum Gasteiger partial charge on any atom is -0.870 e. The van der Waals surface area contributed by atoms with Crippen LogP contribution in [0.15, 0.2) is 62.6 Å². The Hall–Kier alpha value is -1.84. The zero-order valence-corrected chi connectivity index (χ0v) is 22.7. The van der Waals surface area contributed by atoms with Crippen LogP contribution in [0.4, 0.5) is 21.9 Å². The van der Waals surface area contributed by atoms with E-state index < -0.39 is 56.7 Å². The predicted molar refractivity (Wildman–Crippen MR) is 104 cm³/mol. The fourth-order valence-corrected chi connectivity index (χ4v) is 2.92. The van der Waals surface area contributed by atoms with E-state index >= 15 is 0 Å². The van der Waals surface area contributed by atoms with Crippen LogP contribution in [0.2, 0.25) is 0 Å². The molecule has 2 rings (SSSR count). The Kier molecular flexibility index (Phi) is 13.0. The number of aliphatic imine (C=N–C) groups is 1. The van der Waals surface area contributed by atoms with Gasteiger partial charge >= 0.3 is 65.2 Å². The molecule has 0 bridgehead atoms. The number of nitrogens with one attached hydrogen (secondary N) is 1. The van der Waals surface area contributed by atoms with E-state index in [-0.39, 0.29) is 64.8 Å². The molecule has 1 atom stereocenters. The van der Waals surface area contributed by atoms with E-state index in [1.54, 1.807) is 30.3 Å². The van der Waals surface area contributed by atoms with E-state index in [1.165, 1.54) is 0 Å². The molecule has 12 nitrogen and oxygen atoms in total. The van der Waals surface area contributed by atoms with Crippen molar-refractivity contribution in [2.75, 3.05) is 5.32 Å². The first-order valence-electron chi connectivity index (χ1n) is 8.51. The first-order valence-corrected chi connectivity index (χ1v) is 9.95. The maximum atomic E-state index is 12.3. The van der Waals surface area contributed by atoms with Crippen LogP contribution in [0.5, 0.6) is 5.75 Å². The van der Waals surface area contributed by atoms with Crippen LogP contribution in [0, 0.1) is 0 Å². The van der Waals surface area contributed by atoms with E-state index in [0.717, 1.165) is 13.0 Å². The largest absolute Gasteiger partial charge is 1.00 e. The molecule has 2 aromatic rings. The van der Waals surface area contributed by atoms with Gasteiger partial charge in [0.05, 0.1) is 16.3 Å². The van der Waals surface area contributed by atoms with E-state index in [2.05, 4.69) is 15.2 Å². The average molecular weight is 494 g/mol. The van der Waals surface area contributed by atoms with Gasteiger partial charge in [0, 0.05) is 12.1 Å². The standard InChI is InChI=1S/C18H18N4O8S.2Na/c1-10(23)13(9-16(24)19-11-5-3-2-4-6-11)21-22-14-7-12(20-18(26)27)8-15(17(14)25)31(28,29)30;;/h2-8,13,20,25H,9H2,1H3,(H,19,24)(H,26,27)(H,28,29,30);;/q;2*+1/p-2. The Labute approximate surface area is 233 Å². The smallest absolute Gasteiger partial charge is 0.870 e. The molecular weight excluding hydrogens is 478 g/mol. The molecule has 33 heavy (non-hydrogen) atoms. The minimum atomic E-state index is -5.01. The topological polar surface area (TPSA) is 204 Å². The molecule has 3 N–H and O–H groups in total. The third-order valence-corrected chi connectivity index (χ3v) is 4.58. The van der Waals surface area contributed by atoms with E-state index in [0.29, 0.717) is 11.8 Å². The van der Waals surface area contributed by atoms with Crippen molar-refractivity contribution in [3.05, 3.63) is 42.5 Å². The number of carbonyl (C=O) groups excluding carboxylic acids is 1. The molecule has 164 valence electrons. The second-order valence-corrected chi connectivity index (χ2v) is 7.50. The molecule has 1 amide bonds. The molecule has 2 aromatic carbocycles. The Morgan fingerprint density at radius 3 is 2.27 bits per heavy atom. The number of rotatable bonds is 8. The SMILES string of the molecule is CC(=O)C(CC([O-])=Nc1ccccc1)N=Nc1cc(NC(=O)O)cc(S(=O)(=O)O)c1[O-].[Na+].[Na+]. The second-order valence-electron chi connectivity index (χ2n) is 6.11. The van der Waals surface area contributed by atoms with E-state index in [4.69, 9.17) is 5.11 Å². The normalized spacial score (nSPS) is 12.4. The van der Waals surface area contributed by atoms with Gasteiger partial charge in [0.1, 0.15) is 6.04 Å². The molecule has 0 spiro atoms. The first-order chi connectivity index (χ1) is 14.5. The van der Waals surface area contributed by atoms with Gasteiger partial charge in [-0.05, 0) is 37.1 Å². The molecule has 0 aliphatic heterocycles. The van der Waals surface area contributed by atoms with Crippen molar-refractivity contribution in [2.24, 2.45) is 15.2 Å². The van der Waals surface area contributed by atoms with Gasteiger partial charge < -0.3 is 15.3 Å². The third kappa shape index (κ3) is 9.90. The number of carbonyl (C=O) groups is 2. The van der Waals surface area contributed by atoms with Crippen molar-refractivity contribution in [3.63, 3.8) is 0 Å². The van der Waals surface area contributed by atoms with Crippen LogP contribution in [-0.4, -0.2) is 41.9 Å². The van der Waals surface area contributed by atoms with Gasteiger partial charge in [0.15, 0.2) is 5.78 Å². The fourth-order valence-electron chi connectivity index (χ4n) is 2.30. The number of hydrogen-bond acceptors (Lipinski definition) is 9. The molecule has 0 saturated carbocycles. The van der Waals surface area contributed by atoms with Crippen molar-refractivity contribution in [3.8, 4) is 5.75 Å². The summed E-state index contributed by atoms with van der Waals surface area (Å²) in [5.74, 6) is -2.54. The molecule has 0 heterocycles. The Balaban J connectivity index is 0.00000512. The van der Waals surface area contributed by atoms with Crippen molar-refractivity contribution < 1.29 is 97.0 Å². The number of hydrogen-bond donors (Lipinski definition) is 3. The maximum absolute atomic E-state index is 12.3. The van der Waals surface area contributed by atoms with Crippen LogP contribution in [0.25, 0.3) is 0 Å². The zero-order valence-electron chi connectivity index (χ0n) is 17.9. The summed E-state index contributed by atoms with van der Waals surface area (Å²) in [6.07, 6.45) is -2.04. The summed E-state index contributed by atoms with van der Waals surface area (Å²) in [4.78, 5) is 25.3. The van der Waals surface area contributed by atoms with Crippen molar-refractivity contribution in [2.45, 2.75) is 24.3 Å². The van der Waals surface area contributed by atoms with Gasteiger partial charge in [-0.25, -0.2) is 4.79 Å². The van der Waals surface area contributed by atoms with E-state index in [9.17, 15) is 32.8 Å². The summed E-state index contributed by atoms with van der Waals surface area (Å²) in [5, 5.41) is 42.1. The Morgan fingerprint density at radius 1 is 1.15 bits per heavy atom. The van der Waals surface area contributed by atoms with Crippen molar-refractivity contribution in [1.82, 2.24) is 0 Å². The van der Waals surface area contributed by atoms with Crippen LogP contribution in [0.1, 0.15) is 13.3 Å². The number of para-hydroxylation sites is 1. The number of anilines is 1. The molecule has 15 heteroatoms. The number of azo groups is 1. The number of carboxylic acid groups (broad SMARTS) is 1. The predicted octanol–water partition coefficient (Wildman–Crippen LogP) is -4.37. The molecule has 0 radical (unpaired) electrons. The van der Waals surface area contributed by atoms with Crippen molar-refractivity contribution in [1.29, 1.82) is 0 Å². The van der Waals surface area contributed by atoms with Gasteiger partial charge in [0.25, 0.3) is 10.1 Å². The van der Waals surface area contributed by atoms with Gasteiger partial charge in [-0.1, -0.05) is 23.9 Å². The van der Waals surface area contributed by atoms with Crippen LogP contribution < -0.4 is 74.6 Å². The van der Waals surface area contributed by atoms with Gasteiger partial charge in [-0.3, -0.25) is 19.7 Å². The molecule has 0 aromatic heterocycles. The molecule has 0 aliphatic rings. The zero-order chi connectivity index (χ0) is 23.2. The molecule has 0 saturated heterocycles. The quantitative estimate of drug-likeness (QED) is 0.107. The summed E-state index contributed by atoms with van der Waals surface area (Å²) in [7, 11) is -5.01. The monoisotopic (exact) mass is 494 g/mol. The number of nitrogens with zero attached hydrogens (tertiary/aromatic N) is 3. The summed E-state index contributed by atoms with van der Waals surface area (Å²) < 4.78 is 32.0. The molecular formula is C18H16N4Na2O8S. The Morgan fingerprint density at radius 2 is 1.76 bits per heavy atom. The van der Waals surface area contributed by atoms with Gasteiger partial charge in [-0.15, -0.1) is 0 Å². The second kappa shape index (κ2) is 13.8. The van der Waals surface area contributed by atoms with Crippen LogP contribution >= 0.6 is 0 Å². The third-order valence-electron chi connectivity index (χ3n) is 3.72. The number of amides is 1. The molecule has 0 fully saturated rings. The fraction of sp³-hybridized carbons (Fsp3) is 0.167. The number of ketones is 1. The van der Waals surface area contributed by atoms with E-state index in [1.807, 2.05) is 5.32 Å². The first kappa shape index (κ1) is 31.2. The average Bonchev–Trinajstić information content (AvgIpc) is 2.66. The molecule has 0 aliphatic carbocycles. The van der Waals surface area contributed by atoms with Gasteiger partial charge in [-0.2, -0.15) is 18.6 Å². The molecule has 1 unspecified atom stereocenters. The summed E-state index contributed by atoms with van der Waals surface area (Å²) in [5.41, 5.74) is -0.695.